The van der Waals surface area contributed by atoms with Gasteiger partial charge < -0.3 is 5.11 Å². The highest BCUT2D eigenvalue weighted by Gasteiger charge is 2.19. The van der Waals surface area contributed by atoms with Gasteiger partial charge in [0.2, 0.25) is 0 Å². The minimum Gasteiger partial charge on any atom is -0.396 e. The second-order valence-electron chi connectivity index (χ2n) is 16.4. The standard InChI is InChI=1S/C52H80OS6/c1-6-11-16-22-29-54-47-35-41-42-36-48(55-30-23-17-12-7-2)50(57-32-25-19-14-9-4)38-44(42)46-40-52(59-34-27-21-28-53)51(58-33-26-20-15-10-5)39-45(46)43(41)37-49(47)56-31-24-18-13-8-3/h35-40,53H,6-34H2,1-5H3. The number of fused-ring (bicyclic) bond motifs is 6. The molecular weight excluding hydrogens is 833 g/mol. The van der Waals surface area contributed by atoms with Gasteiger partial charge in [0.05, 0.1) is 0 Å². The Balaban J connectivity index is 1.96. The lowest BCUT2D eigenvalue weighted by molar-refractivity contribution is 0.287. The van der Waals surface area contributed by atoms with Crippen LogP contribution in [0.2, 0.25) is 0 Å². The van der Waals surface area contributed by atoms with Gasteiger partial charge in [-0.05, 0) is 148 Å². The van der Waals surface area contributed by atoms with Crippen molar-refractivity contribution in [2.45, 2.75) is 205 Å². The fourth-order valence-electron chi connectivity index (χ4n) is 7.64. The first-order valence-electron chi connectivity index (χ1n) is 24.0. The fraction of sp³-hybridized carbons (Fsp3) is 0.654. The molecule has 1 nitrogen and oxygen atoms in total. The van der Waals surface area contributed by atoms with E-state index in [0.717, 1.165) is 18.6 Å². The summed E-state index contributed by atoms with van der Waals surface area (Å²) in [6, 6.07) is 15.7. The number of unbranched alkanes of at least 4 members (excludes halogenated alkanes) is 16. The van der Waals surface area contributed by atoms with E-state index < -0.39 is 0 Å². The maximum Gasteiger partial charge on any atom is 0.0431 e. The summed E-state index contributed by atoms with van der Waals surface area (Å²) in [5, 5.41) is 18.3. The SMILES string of the molecule is CCCCCCSc1cc2c(cc1SCCCCO)c1cc(SCCCCCC)c(SCCCCCC)cc1c1cc(SCCCCCC)c(SCCCCCC)cc21. The molecule has 0 aliphatic carbocycles. The molecule has 0 radical (unpaired) electrons. The average Bonchev–Trinajstić information content (AvgIpc) is 3.25. The zero-order chi connectivity index (χ0) is 41.9. The average molecular weight is 914 g/mol. The number of aliphatic hydroxyl groups excluding tert-OH is 1. The largest absolute Gasteiger partial charge is 0.396 e. The number of rotatable bonds is 35. The van der Waals surface area contributed by atoms with E-state index in [4.69, 9.17) is 0 Å². The lowest BCUT2D eigenvalue weighted by Crippen LogP contribution is -1.94. The molecule has 7 heteroatoms. The van der Waals surface area contributed by atoms with Gasteiger partial charge in [-0.15, -0.1) is 70.6 Å². The lowest BCUT2D eigenvalue weighted by Gasteiger charge is -2.20. The topological polar surface area (TPSA) is 20.2 Å². The van der Waals surface area contributed by atoms with Crippen molar-refractivity contribution in [3.05, 3.63) is 36.4 Å². The molecule has 0 saturated heterocycles. The maximum absolute atomic E-state index is 9.61. The Morgan fingerprint density at radius 3 is 0.627 bits per heavy atom. The molecular formula is C52H80OS6. The highest BCUT2D eigenvalue weighted by atomic mass is 32.2. The van der Waals surface area contributed by atoms with Crippen LogP contribution in [0.5, 0.6) is 0 Å². The van der Waals surface area contributed by atoms with Gasteiger partial charge in [-0.2, -0.15) is 0 Å². The molecule has 0 atom stereocenters. The normalized spacial score (nSPS) is 11.9. The van der Waals surface area contributed by atoms with E-state index >= 15 is 0 Å². The Morgan fingerprint density at radius 2 is 0.458 bits per heavy atom. The van der Waals surface area contributed by atoms with Crippen molar-refractivity contribution in [1.29, 1.82) is 0 Å². The van der Waals surface area contributed by atoms with E-state index in [9.17, 15) is 5.11 Å². The molecule has 0 unspecified atom stereocenters. The highest BCUT2D eigenvalue weighted by molar-refractivity contribution is 8.03. The van der Waals surface area contributed by atoms with E-state index in [1.54, 1.807) is 0 Å². The predicted molar refractivity (Wildman–Crippen MR) is 280 cm³/mol. The molecule has 59 heavy (non-hydrogen) atoms. The van der Waals surface area contributed by atoms with E-state index in [1.807, 2.05) is 11.8 Å². The van der Waals surface area contributed by atoms with Crippen LogP contribution in [0.15, 0.2) is 65.8 Å². The number of hydrogen-bond acceptors (Lipinski definition) is 7. The third-order valence-corrected chi connectivity index (χ3v) is 18.4. The van der Waals surface area contributed by atoms with Gasteiger partial charge >= 0.3 is 0 Å². The molecule has 1 N–H and O–H groups in total. The summed E-state index contributed by atoms with van der Waals surface area (Å²) in [7, 11) is 0. The first-order chi connectivity index (χ1) is 29.1. The van der Waals surface area contributed by atoms with Crippen molar-refractivity contribution >= 4 is 103 Å². The van der Waals surface area contributed by atoms with Crippen LogP contribution in [0.25, 0.3) is 32.3 Å². The van der Waals surface area contributed by atoms with Crippen molar-refractivity contribution in [3.63, 3.8) is 0 Å². The second kappa shape index (κ2) is 31.5. The molecule has 4 rings (SSSR count). The molecule has 0 aliphatic rings. The van der Waals surface area contributed by atoms with Gasteiger partial charge in [0.1, 0.15) is 0 Å². The van der Waals surface area contributed by atoms with E-state index in [-0.39, 0.29) is 6.61 Å². The van der Waals surface area contributed by atoms with Crippen LogP contribution < -0.4 is 0 Å². The summed E-state index contributed by atoms with van der Waals surface area (Å²) < 4.78 is 0. The molecule has 0 fully saturated rings. The number of thioether (sulfide) groups is 6. The Kier molecular flexibility index (Phi) is 27.5. The Morgan fingerprint density at radius 1 is 0.271 bits per heavy atom. The van der Waals surface area contributed by atoms with Gasteiger partial charge in [-0.25, -0.2) is 0 Å². The van der Waals surface area contributed by atoms with Crippen molar-refractivity contribution in [1.82, 2.24) is 0 Å². The molecule has 0 aliphatic heterocycles. The molecule has 0 amide bonds. The lowest BCUT2D eigenvalue weighted by atomic mass is 9.94. The summed E-state index contributed by atoms with van der Waals surface area (Å²) in [4.78, 5) is 8.87. The van der Waals surface area contributed by atoms with Crippen molar-refractivity contribution < 1.29 is 5.11 Å². The van der Waals surface area contributed by atoms with Crippen molar-refractivity contribution in [2.24, 2.45) is 0 Å². The summed E-state index contributed by atoms with van der Waals surface area (Å²) in [6.45, 7) is 11.9. The van der Waals surface area contributed by atoms with Crippen LogP contribution in [0.3, 0.4) is 0 Å². The summed E-state index contributed by atoms with van der Waals surface area (Å²) in [5.74, 6) is 7.03. The monoisotopic (exact) mass is 912 g/mol. The number of hydrogen-bond donors (Lipinski definition) is 1. The molecule has 4 aromatic rings. The van der Waals surface area contributed by atoms with Crippen LogP contribution in [0.1, 0.15) is 176 Å². The number of benzene rings is 4. The Hall–Kier alpha value is -0.280. The van der Waals surface area contributed by atoms with Crippen LogP contribution in [0, 0.1) is 0 Å². The van der Waals surface area contributed by atoms with Crippen LogP contribution in [-0.4, -0.2) is 46.2 Å². The molecule has 0 heterocycles. The summed E-state index contributed by atoms with van der Waals surface area (Å²) in [6.07, 6.45) is 28.1. The zero-order valence-corrected chi connectivity index (χ0v) is 42.8. The Bertz CT molecular complexity index is 1700. The molecule has 0 saturated carbocycles. The maximum atomic E-state index is 9.61. The molecule has 4 aromatic carbocycles. The highest BCUT2D eigenvalue weighted by Crippen LogP contribution is 2.47. The number of aliphatic hydroxyl groups is 1. The smallest absolute Gasteiger partial charge is 0.0431 e. The first-order valence-corrected chi connectivity index (χ1v) is 29.9. The minimum absolute atomic E-state index is 0.281. The molecule has 0 bridgehead atoms. The second-order valence-corrected chi connectivity index (χ2v) is 23.2. The van der Waals surface area contributed by atoms with Gasteiger partial charge in [0, 0.05) is 36.0 Å². The van der Waals surface area contributed by atoms with Crippen molar-refractivity contribution in [2.75, 3.05) is 41.1 Å². The van der Waals surface area contributed by atoms with E-state index in [0.29, 0.717) is 0 Å². The quantitative estimate of drug-likeness (QED) is 0.0278. The third-order valence-electron chi connectivity index (χ3n) is 11.2. The molecule has 0 spiro atoms. The molecule has 0 aromatic heterocycles. The minimum atomic E-state index is 0.281. The van der Waals surface area contributed by atoms with Gasteiger partial charge in [-0.3, -0.25) is 0 Å². The summed E-state index contributed by atoms with van der Waals surface area (Å²) >= 11 is 12.6. The van der Waals surface area contributed by atoms with Gasteiger partial charge in [0.15, 0.2) is 0 Å². The third kappa shape index (κ3) is 17.7. The van der Waals surface area contributed by atoms with Gasteiger partial charge in [0.25, 0.3) is 0 Å². The van der Waals surface area contributed by atoms with Crippen LogP contribution in [-0.2, 0) is 0 Å². The Labute approximate surface area is 387 Å². The first kappa shape index (κ1) is 51.4. The van der Waals surface area contributed by atoms with Crippen LogP contribution >= 0.6 is 70.6 Å². The van der Waals surface area contributed by atoms with Gasteiger partial charge in [-0.1, -0.05) is 131 Å². The van der Waals surface area contributed by atoms with E-state index in [2.05, 4.69) is 130 Å². The molecule has 330 valence electrons. The fourth-order valence-corrected chi connectivity index (χ4v) is 14.5. The van der Waals surface area contributed by atoms with Crippen molar-refractivity contribution in [3.8, 4) is 0 Å². The van der Waals surface area contributed by atoms with Crippen LogP contribution in [0.4, 0.5) is 0 Å². The summed E-state index contributed by atoms with van der Waals surface area (Å²) in [5.41, 5.74) is 0. The predicted octanol–water partition coefficient (Wildman–Crippen LogP) is 19.4. The van der Waals surface area contributed by atoms with E-state index in [1.165, 1.54) is 219 Å². The zero-order valence-electron chi connectivity index (χ0n) is 37.9.